The Balaban J connectivity index is 1.84. The van der Waals surface area contributed by atoms with Gasteiger partial charge in [-0.25, -0.2) is 8.78 Å². The third-order valence-corrected chi connectivity index (χ3v) is 4.74. The number of hydrogen-bond acceptors (Lipinski definition) is 3. The topological polar surface area (TPSA) is 58.6 Å². The number of amides is 1. The highest BCUT2D eigenvalue weighted by Gasteiger charge is 2.28. The number of carbonyl (C=O) groups excluding carboxylic acids is 1. The van der Waals surface area contributed by atoms with Gasteiger partial charge >= 0.3 is 0 Å². The summed E-state index contributed by atoms with van der Waals surface area (Å²) < 4.78 is 32.1. The van der Waals surface area contributed by atoms with E-state index in [1.165, 1.54) is 13.0 Å². The molecule has 2 N–H and O–H groups in total. The molecule has 0 radical (unpaired) electrons. The molecular formula is C18H25F2NO3. The Bertz CT molecular complexity index is 569. The monoisotopic (exact) mass is 341 g/mol. The highest BCUT2D eigenvalue weighted by atomic mass is 19.1. The Kier molecular flexibility index (Phi) is 6.29. The first-order chi connectivity index (χ1) is 11.3. The maximum atomic E-state index is 13.8. The number of benzene rings is 1. The predicted octanol–water partition coefficient (Wildman–Crippen LogP) is 2.88. The van der Waals surface area contributed by atoms with Crippen molar-refractivity contribution in [3.05, 3.63) is 35.4 Å². The quantitative estimate of drug-likeness (QED) is 0.836. The fraction of sp³-hybridized carbons (Fsp3) is 0.611. The van der Waals surface area contributed by atoms with Gasteiger partial charge in [-0.2, -0.15) is 0 Å². The molecule has 1 aromatic rings. The van der Waals surface area contributed by atoms with Gasteiger partial charge in [0.25, 0.3) is 0 Å². The lowest BCUT2D eigenvalue weighted by atomic mass is 9.85. The molecule has 4 nitrogen and oxygen atoms in total. The zero-order valence-corrected chi connectivity index (χ0v) is 14.1. The van der Waals surface area contributed by atoms with E-state index in [0.29, 0.717) is 12.3 Å². The molecule has 2 rings (SSSR count). The van der Waals surface area contributed by atoms with Crippen molar-refractivity contribution in [2.75, 3.05) is 13.7 Å². The minimum Gasteiger partial charge on any atom is -0.383 e. The molecule has 24 heavy (non-hydrogen) atoms. The molecule has 1 aromatic carbocycles. The second kappa shape index (κ2) is 8.03. The van der Waals surface area contributed by atoms with Gasteiger partial charge in [0.15, 0.2) is 0 Å². The number of carbonyl (C=O) groups is 1. The molecule has 1 saturated carbocycles. The number of halogens is 2. The van der Waals surface area contributed by atoms with Crippen LogP contribution in [-0.2, 0) is 15.1 Å². The minimum absolute atomic E-state index is 0.0372. The largest absolute Gasteiger partial charge is 0.383 e. The highest BCUT2D eigenvalue weighted by molar-refractivity contribution is 5.76. The number of aliphatic hydroxyl groups is 1. The molecule has 0 aromatic heterocycles. The lowest BCUT2D eigenvalue weighted by Gasteiger charge is -2.28. The van der Waals surface area contributed by atoms with Gasteiger partial charge in [-0.3, -0.25) is 4.79 Å². The molecule has 0 bridgehead atoms. The Hall–Kier alpha value is -1.53. The third-order valence-electron chi connectivity index (χ3n) is 4.74. The maximum absolute atomic E-state index is 13.8. The normalized spacial score (nSPS) is 23.5. The third kappa shape index (κ3) is 4.98. The molecule has 1 amide bonds. The van der Waals surface area contributed by atoms with E-state index >= 15 is 0 Å². The van der Waals surface area contributed by atoms with E-state index < -0.39 is 17.2 Å². The van der Waals surface area contributed by atoms with Gasteiger partial charge in [-0.05, 0) is 44.6 Å². The lowest BCUT2D eigenvalue weighted by molar-refractivity contribution is -0.123. The average molecular weight is 341 g/mol. The summed E-state index contributed by atoms with van der Waals surface area (Å²) in [6.45, 7) is 1.27. The van der Waals surface area contributed by atoms with Crippen LogP contribution >= 0.6 is 0 Å². The predicted molar refractivity (Wildman–Crippen MR) is 86.3 cm³/mol. The van der Waals surface area contributed by atoms with Gasteiger partial charge in [0.1, 0.15) is 17.2 Å². The molecule has 0 saturated heterocycles. The molecule has 1 fully saturated rings. The summed E-state index contributed by atoms with van der Waals surface area (Å²) in [5, 5.41) is 13.0. The van der Waals surface area contributed by atoms with Crippen LogP contribution in [0.25, 0.3) is 0 Å². The van der Waals surface area contributed by atoms with Crippen LogP contribution in [0, 0.1) is 17.6 Å². The first-order valence-electron chi connectivity index (χ1n) is 8.29. The van der Waals surface area contributed by atoms with Gasteiger partial charge in [-0.1, -0.05) is 6.07 Å². The summed E-state index contributed by atoms with van der Waals surface area (Å²) in [6, 6.07) is 3.01. The fourth-order valence-electron chi connectivity index (χ4n) is 3.20. The Labute approximate surface area is 141 Å². The van der Waals surface area contributed by atoms with E-state index in [2.05, 4.69) is 5.32 Å². The second-order valence-electron chi connectivity index (χ2n) is 6.76. The molecule has 6 heteroatoms. The van der Waals surface area contributed by atoms with Gasteiger partial charge in [0.05, 0.1) is 12.6 Å². The van der Waals surface area contributed by atoms with Gasteiger partial charge < -0.3 is 15.2 Å². The molecule has 1 aliphatic rings. The number of rotatable bonds is 6. The van der Waals surface area contributed by atoms with Crippen molar-refractivity contribution >= 4 is 5.91 Å². The zero-order chi connectivity index (χ0) is 17.7. The molecule has 1 unspecified atom stereocenters. The molecule has 1 atom stereocenters. The van der Waals surface area contributed by atoms with E-state index in [1.54, 1.807) is 7.11 Å². The van der Waals surface area contributed by atoms with E-state index in [4.69, 9.17) is 4.74 Å². The minimum atomic E-state index is -1.60. The van der Waals surface area contributed by atoms with E-state index in [0.717, 1.165) is 37.8 Å². The standard InChI is InChI=1S/C18H25F2NO3/c1-18(23,15-8-5-13(19)10-16(15)20)11-21-17(22)9-12-3-6-14(24-2)7-4-12/h5,8,10,12,14,23H,3-4,6-7,9,11H2,1-2H3,(H,21,22). The first kappa shape index (κ1) is 18.8. The summed E-state index contributed by atoms with van der Waals surface area (Å²) in [6.07, 6.45) is 4.45. The van der Waals surface area contributed by atoms with Crippen LogP contribution < -0.4 is 5.32 Å². The zero-order valence-electron chi connectivity index (χ0n) is 14.1. The molecule has 0 spiro atoms. The lowest BCUT2D eigenvalue weighted by Crippen LogP contribution is -2.40. The van der Waals surface area contributed by atoms with Crippen LogP contribution in [0.4, 0.5) is 8.78 Å². The average Bonchev–Trinajstić information content (AvgIpc) is 2.53. The summed E-state index contributed by atoms with van der Waals surface area (Å²) >= 11 is 0. The summed E-state index contributed by atoms with van der Waals surface area (Å²) in [4.78, 5) is 12.1. The van der Waals surface area contributed by atoms with Crippen LogP contribution in [0.5, 0.6) is 0 Å². The van der Waals surface area contributed by atoms with Gasteiger partial charge in [-0.15, -0.1) is 0 Å². The van der Waals surface area contributed by atoms with E-state index in [9.17, 15) is 18.7 Å². The van der Waals surface area contributed by atoms with Crippen molar-refractivity contribution in [3.8, 4) is 0 Å². The second-order valence-corrected chi connectivity index (χ2v) is 6.76. The van der Waals surface area contributed by atoms with E-state index in [-0.39, 0.29) is 24.1 Å². The molecule has 0 aliphatic heterocycles. The van der Waals surface area contributed by atoms with Crippen molar-refractivity contribution in [2.45, 2.75) is 50.7 Å². The molecular weight excluding hydrogens is 316 g/mol. The van der Waals surface area contributed by atoms with Crippen LogP contribution in [-0.4, -0.2) is 30.8 Å². The SMILES string of the molecule is COC1CCC(CC(=O)NCC(C)(O)c2ccc(F)cc2F)CC1. The summed E-state index contributed by atoms with van der Waals surface area (Å²) in [5.41, 5.74) is -1.63. The molecule has 0 heterocycles. The number of nitrogens with one attached hydrogen (secondary N) is 1. The molecule has 134 valence electrons. The number of methoxy groups -OCH3 is 1. The highest BCUT2D eigenvalue weighted by Crippen LogP contribution is 2.28. The van der Waals surface area contributed by atoms with Crippen molar-refractivity contribution in [1.29, 1.82) is 0 Å². The van der Waals surface area contributed by atoms with Crippen molar-refractivity contribution < 1.29 is 23.4 Å². The van der Waals surface area contributed by atoms with Crippen molar-refractivity contribution in [2.24, 2.45) is 5.92 Å². The smallest absolute Gasteiger partial charge is 0.220 e. The Morgan fingerprint density at radius 2 is 2.00 bits per heavy atom. The van der Waals surface area contributed by atoms with E-state index in [1.807, 2.05) is 0 Å². The van der Waals surface area contributed by atoms with Crippen LogP contribution in [0.1, 0.15) is 44.6 Å². The van der Waals surface area contributed by atoms with Gasteiger partial charge in [0, 0.05) is 25.2 Å². The van der Waals surface area contributed by atoms with Crippen molar-refractivity contribution in [1.82, 2.24) is 5.32 Å². The summed E-state index contributed by atoms with van der Waals surface area (Å²) in [7, 11) is 1.70. The van der Waals surface area contributed by atoms with Crippen LogP contribution in [0.3, 0.4) is 0 Å². The maximum Gasteiger partial charge on any atom is 0.220 e. The van der Waals surface area contributed by atoms with Gasteiger partial charge in [0.2, 0.25) is 5.91 Å². The Morgan fingerprint density at radius 1 is 1.33 bits per heavy atom. The summed E-state index contributed by atoms with van der Waals surface area (Å²) in [5.74, 6) is -1.39. The number of ether oxygens (including phenoxy) is 1. The first-order valence-corrected chi connectivity index (χ1v) is 8.29. The Morgan fingerprint density at radius 3 is 2.58 bits per heavy atom. The number of hydrogen-bond donors (Lipinski definition) is 2. The molecule has 1 aliphatic carbocycles. The fourth-order valence-corrected chi connectivity index (χ4v) is 3.20. The van der Waals surface area contributed by atoms with Crippen LogP contribution in [0.15, 0.2) is 18.2 Å². The van der Waals surface area contributed by atoms with Crippen molar-refractivity contribution in [3.63, 3.8) is 0 Å². The van der Waals surface area contributed by atoms with Crippen LogP contribution in [0.2, 0.25) is 0 Å².